The molecular weight excluding hydrogens is 473 g/mol. The molecule has 1 saturated carbocycles. The number of likely N-dealkylation sites (tertiary alicyclic amines) is 1. The van der Waals surface area contributed by atoms with Gasteiger partial charge in [0.15, 0.2) is 0 Å². The summed E-state index contributed by atoms with van der Waals surface area (Å²) in [5.74, 6) is -0.245. The number of carbonyl (C=O) groups excluding carboxylic acids is 2. The van der Waals surface area contributed by atoms with Crippen molar-refractivity contribution >= 4 is 25.0 Å². The second-order valence-corrected chi connectivity index (χ2v) is 11.0. The number of hydrogen-bond donors (Lipinski definition) is 3. The van der Waals surface area contributed by atoms with Gasteiger partial charge in [-0.15, -0.1) is 0 Å². The van der Waals surface area contributed by atoms with Gasteiger partial charge in [0.1, 0.15) is 18.1 Å². The van der Waals surface area contributed by atoms with E-state index >= 15 is 0 Å². The van der Waals surface area contributed by atoms with Crippen molar-refractivity contribution in [1.29, 1.82) is 0 Å². The highest BCUT2D eigenvalue weighted by molar-refractivity contribution is 6.43. The van der Waals surface area contributed by atoms with Gasteiger partial charge < -0.3 is 24.3 Å². The molecule has 200 valence electrons. The van der Waals surface area contributed by atoms with Crippen molar-refractivity contribution < 1.29 is 33.9 Å². The highest BCUT2D eigenvalue weighted by Gasteiger charge is 2.58. The molecule has 3 fully saturated rings. The molecule has 1 aromatic heterocycles. The number of rotatable bonds is 8. The third-order valence-electron chi connectivity index (χ3n) is 8.84. The van der Waals surface area contributed by atoms with Crippen molar-refractivity contribution in [1.82, 2.24) is 4.90 Å². The smallest absolute Gasteiger partial charge is 0.455 e. The number of hydrogen-bond acceptors (Lipinski definition) is 7. The van der Waals surface area contributed by atoms with Crippen molar-refractivity contribution in [3.05, 3.63) is 40.4 Å². The minimum Gasteiger partial charge on any atom is -0.459 e. The first-order valence-electron chi connectivity index (χ1n) is 13.9. The van der Waals surface area contributed by atoms with Crippen molar-refractivity contribution in [2.75, 3.05) is 6.61 Å². The Hall–Kier alpha value is -2.20. The molecule has 3 heterocycles. The van der Waals surface area contributed by atoms with Crippen LogP contribution >= 0.6 is 0 Å². The van der Waals surface area contributed by atoms with Crippen molar-refractivity contribution in [3.63, 3.8) is 0 Å². The number of furan rings is 1. The van der Waals surface area contributed by atoms with E-state index in [1.807, 2.05) is 12.1 Å². The molecule has 4 aliphatic rings. The minimum atomic E-state index is -1.02. The molecule has 4 atom stereocenters. The Balaban J connectivity index is 1.38. The molecule has 0 bridgehead atoms. The molecule has 9 heteroatoms. The first-order chi connectivity index (χ1) is 17.9. The molecular formula is C28H38BNO7. The maximum absolute atomic E-state index is 13.7. The Kier molecular flexibility index (Phi) is 8.05. The number of aliphatic hydroxyl groups is 2. The first-order valence-corrected chi connectivity index (χ1v) is 13.9. The molecule has 3 N–H and O–H groups in total. The summed E-state index contributed by atoms with van der Waals surface area (Å²) in [6.07, 6.45) is 9.20. The van der Waals surface area contributed by atoms with E-state index in [9.17, 15) is 24.8 Å². The predicted octanol–water partition coefficient (Wildman–Crippen LogP) is 3.47. The summed E-state index contributed by atoms with van der Waals surface area (Å²) >= 11 is 0. The number of carbonyl (C=O) groups is 2. The normalized spacial score (nSPS) is 29.2. The van der Waals surface area contributed by atoms with Crippen LogP contribution in [0.15, 0.2) is 33.3 Å². The van der Waals surface area contributed by atoms with Gasteiger partial charge in [-0.2, -0.15) is 0 Å². The first kappa shape index (κ1) is 26.4. The Morgan fingerprint density at radius 1 is 1.11 bits per heavy atom. The van der Waals surface area contributed by atoms with Crippen molar-refractivity contribution in [2.24, 2.45) is 17.8 Å². The summed E-state index contributed by atoms with van der Waals surface area (Å²) in [7, 11) is -1.02. The molecule has 5 rings (SSSR count). The van der Waals surface area contributed by atoms with Gasteiger partial charge in [-0.25, -0.2) is 0 Å². The third kappa shape index (κ3) is 5.11. The Labute approximate surface area is 218 Å². The van der Waals surface area contributed by atoms with Crippen LogP contribution in [0.4, 0.5) is 0 Å². The quantitative estimate of drug-likeness (QED) is 0.278. The van der Waals surface area contributed by atoms with Crippen molar-refractivity contribution in [3.8, 4) is 0 Å². The zero-order valence-electron chi connectivity index (χ0n) is 21.6. The van der Waals surface area contributed by atoms with Gasteiger partial charge >= 0.3 is 7.12 Å². The molecule has 2 amide bonds. The monoisotopic (exact) mass is 511 g/mol. The number of amides is 2. The summed E-state index contributed by atoms with van der Waals surface area (Å²) in [4.78, 5) is 28.7. The zero-order valence-corrected chi connectivity index (χ0v) is 21.6. The number of allylic oxidation sites excluding steroid dienone is 1. The van der Waals surface area contributed by atoms with E-state index in [-0.39, 0.29) is 43.3 Å². The molecule has 0 aromatic carbocycles. The van der Waals surface area contributed by atoms with Gasteiger partial charge in [-0.3, -0.25) is 14.5 Å². The van der Waals surface area contributed by atoms with Crippen LogP contribution in [-0.2, 0) is 20.9 Å². The molecule has 1 aromatic rings. The van der Waals surface area contributed by atoms with Gasteiger partial charge in [0.2, 0.25) is 11.8 Å². The maximum atomic E-state index is 13.7. The van der Waals surface area contributed by atoms with Gasteiger partial charge in [0.25, 0.3) is 0 Å². The molecule has 0 unspecified atom stereocenters. The number of imide groups is 1. The lowest BCUT2D eigenvalue weighted by molar-refractivity contribution is -0.143. The predicted molar refractivity (Wildman–Crippen MR) is 138 cm³/mol. The minimum absolute atomic E-state index is 0.0221. The summed E-state index contributed by atoms with van der Waals surface area (Å²) in [5.41, 5.74) is 2.83. The lowest BCUT2D eigenvalue weighted by Crippen LogP contribution is -2.47. The van der Waals surface area contributed by atoms with E-state index in [0.29, 0.717) is 30.8 Å². The lowest BCUT2D eigenvalue weighted by Gasteiger charge is -2.43. The van der Waals surface area contributed by atoms with Gasteiger partial charge in [-0.1, -0.05) is 31.8 Å². The zero-order chi connectivity index (χ0) is 26.1. The summed E-state index contributed by atoms with van der Waals surface area (Å²) in [6.45, 7) is 1.74. The molecule has 37 heavy (non-hydrogen) atoms. The molecule has 0 spiro atoms. The molecule has 2 aliphatic heterocycles. The fourth-order valence-electron chi connectivity index (χ4n) is 7.06. The maximum Gasteiger partial charge on any atom is 0.455 e. The highest BCUT2D eigenvalue weighted by Crippen LogP contribution is 2.51. The van der Waals surface area contributed by atoms with Gasteiger partial charge in [0.05, 0.1) is 24.5 Å². The van der Waals surface area contributed by atoms with Gasteiger partial charge in [-0.05, 0) is 80.1 Å². The van der Waals surface area contributed by atoms with E-state index in [0.717, 1.165) is 55.2 Å². The lowest BCUT2D eigenvalue weighted by atomic mass is 9.58. The third-order valence-corrected chi connectivity index (χ3v) is 8.84. The van der Waals surface area contributed by atoms with Gasteiger partial charge in [0, 0.05) is 6.04 Å². The number of nitrogens with zero attached hydrogens (tertiary/aromatic N) is 1. The van der Waals surface area contributed by atoms with Crippen LogP contribution in [-0.4, -0.2) is 57.8 Å². The average molecular weight is 511 g/mol. The highest BCUT2D eigenvalue weighted by atomic mass is 16.5. The number of aliphatic hydroxyl groups excluding tert-OH is 2. The van der Waals surface area contributed by atoms with Crippen LogP contribution in [0.1, 0.15) is 76.2 Å². The Morgan fingerprint density at radius 2 is 1.89 bits per heavy atom. The van der Waals surface area contributed by atoms with E-state index in [4.69, 9.17) is 9.07 Å². The summed E-state index contributed by atoms with van der Waals surface area (Å²) in [6, 6.07) is 3.55. The molecule has 2 saturated heterocycles. The summed E-state index contributed by atoms with van der Waals surface area (Å²) in [5, 5.41) is 30.3. The average Bonchev–Trinajstić information content (AvgIpc) is 3.47. The summed E-state index contributed by atoms with van der Waals surface area (Å²) < 4.78 is 11.6. The largest absolute Gasteiger partial charge is 0.459 e. The fraction of sp³-hybridized carbons (Fsp3) is 0.643. The van der Waals surface area contributed by atoms with Crippen LogP contribution in [0.3, 0.4) is 0 Å². The van der Waals surface area contributed by atoms with Crippen molar-refractivity contribution in [2.45, 2.75) is 89.8 Å². The van der Waals surface area contributed by atoms with E-state index in [1.54, 1.807) is 11.0 Å². The van der Waals surface area contributed by atoms with Crippen LogP contribution in [0.2, 0.25) is 6.32 Å². The molecule has 0 radical (unpaired) electrons. The van der Waals surface area contributed by atoms with E-state index < -0.39 is 25.1 Å². The SMILES string of the molecule is CC/C(=C\c1ccc(CO)o1)CC[C@H]1OB(O)C[C@H]2C1=C(CO)C[C@H]1C(=O)N(C3CCCCC3)C(=O)[C@H]12. The van der Waals surface area contributed by atoms with E-state index in [2.05, 4.69) is 6.92 Å². The Bertz CT molecular complexity index is 1070. The van der Waals surface area contributed by atoms with Crippen LogP contribution in [0, 0.1) is 17.8 Å². The second kappa shape index (κ2) is 11.3. The standard InChI is InChI=1S/C28H38BNO7/c1-2-17(12-20-9-10-21(16-32)36-20)8-11-24-25-18(15-31)13-22-26(23(25)14-29(35)37-24)28(34)30(27(22)33)19-6-4-3-5-7-19/h9-10,12,19,22-24,26,31-32,35H,2-8,11,13-16H2,1H3/b17-12+/t22-,23+,24-,26-/m1/s1. The Morgan fingerprint density at radius 3 is 2.57 bits per heavy atom. The van der Waals surface area contributed by atoms with E-state index in [1.165, 1.54) is 0 Å². The topological polar surface area (TPSA) is 120 Å². The van der Waals surface area contributed by atoms with Crippen LogP contribution in [0.25, 0.3) is 6.08 Å². The number of fused-ring (bicyclic) bond motifs is 3. The molecule has 8 nitrogen and oxygen atoms in total. The van der Waals surface area contributed by atoms with Crippen LogP contribution < -0.4 is 0 Å². The van der Waals surface area contributed by atoms with Crippen LogP contribution in [0.5, 0.6) is 0 Å². The second-order valence-electron chi connectivity index (χ2n) is 11.0. The fourth-order valence-corrected chi connectivity index (χ4v) is 7.06. The molecule has 2 aliphatic carbocycles.